The highest BCUT2D eigenvalue weighted by atomic mass is 32.1. The van der Waals surface area contributed by atoms with Gasteiger partial charge in [-0.05, 0) is 25.0 Å². The Bertz CT molecular complexity index is 687. The largest absolute Gasteiger partial charge is 0.481 e. The first-order valence-electron chi connectivity index (χ1n) is 7.62. The van der Waals surface area contributed by atoms with Crippen LogP contribution >= 0.6 is 11.3 Å². The quantitative estimate of drug-likeness (QED) is 0.876. The lowest BCUT2D eigenvalue weighted by Crippen LogP contribution is -2.44. The fourth-order valence-corrected chi connectivity index (χ4v) is 3.73. The average Bonchev–Trinajstić information content (AvgIpc) is 3.24. The molecule has 0 aromatic carbocycles. The van der Waals surface area contributed by atoms with E-state index >= 15 is 0 Å². The van der Waals surface area contributed by atoms with E-state index in [0.29, 0.717) is 28.5 Å². The number of carbonyl (C=O) groups is 2. The fraction of sp³-hybridized carbons (Fsp3) is 0.438. The molecule has 0 bridgehead atoms. The van der Waals surface area contributed by atoms with Crippen LogP contribution in [-0.2, 0) is 4.79 Å². The number of hydrogen-bond acceptors (Lipinski definition) is 5. The molecule has 122 valence electrons. The maximum Gasteiger partial charge on any atom is 0.311 e. The van der Waals surface area contributed by atoms with Gasteiger partial charge in [0.1, 0.15) is 4.88 Å². The SMILES string of the molecule is O=C(NCC1(C(=O)O)CCCCC1)c1cnc(-c2ccco2)s1. The first kappa shape index (κ1) is 15.7. The Balaban J connectivity index is 1.66. The first-order chi connectivity index (χ1) is 11.1. The number of carbonyl (C=O) groups excluding carboxylic acids is 1. The zero-order chi connectivity index (χ0) is 16.3. The second kappa shape index (κ2) is 6.54. The lowest BCUT2D eigenvalue weighted by Gasteiger charge is -2.33. The average molecular weight is 334 g/mol. The van der Waals surface area contributed by atoms with Crippen molar-refractivity contribution >= 4 is 23.2 Å². The number of carboxylic acid groups (broad SMARTS) is 1. The summed E-state index contributed by atoms with van der Waals surface area (Å²) in [6.45, 7) is 0.162. The normalized spacial score (nSPS) is 16.9. The van der Waals surface area contributed by atoms with Gasteiger partial charge in [0.2, 0.25) is 0 Å². The summed E-state index contributed by atoms with van der Waals surface area (Å²) in [7, 11) is 0. The molecule has 1 aliphatic carbocycles. The minimum Gasteiger partial charge on any atom is -0.481 e. The third-order valence-corrected chi connectivity index (χ3v) is 5.32. The van der Waals surface area contributed by atoms with Crippen molar-refractivity contribution in [3.05, 3.63) is 29.5 Å². The van der Waals surface area contributed by atoms with Gasteiger partial charge < -0.3 is 14.8 Å². The summed E-state index contributed by atoms with van der Waals surface area (Å²) in [5.41, 5.74) is -0.831. The number of aliphatic carboxylic acids is 1. The van der Waals surface area contributed by atoms with Crippen LogP contribution in [0.4, 0.5) is 0 Å². The summed E-state index contributed by atoms with van der Waals surface area (Å²) >= 11 is 1.23. The van der Waals surface area contributed by atoms with E-state index in [-0.39, 0.29) is 12.5 Å². The molecule has 6 nitrogen and oxygen atoms in total. The van der Waals surface area contributed by atoms with Crippen molar-refractivity contribution in [2.75, 3.05) is 6.54 Å². The summed E-state index contributed by atoms with van der Waals surface area (Å²) in [6.07, 6.45) is 7.12. The van der Waals surface area contributed by atoms with E-state index in [0.717, 1.165) is 19.3 Å². The van der Waals surface area contributed by atoms with Crippen molar-refractivity contribution in [1.82, 2.24) is 10.3 Å². The first-order valence-corrected chi connectivity index (χ1v) is 8.44. The number of aromatic nitrogens is 1. The molecule has 1 fully saturated rings. The van der Waals surface area contributed by atoms with Gasteiger partial charge in [-0.1, -0.05) is 19.3 Å². The van der Waals surface area contributed by atoms with Gasteiger partial charge in [0.25, 0.3) is 5.91 Å². The van der Waals surface area contributed by atoms with Crippen molar-refractivity contribution in [3.63, 3.8) is 0 Å². The van der Waals surface area contributed by atoms with E-state index in [1.807, 2.05) is 0 Å². The summed E-state index contributed by atoms with van der Waals surface area (Å²) in [5.74, 6) is -0.493. The molecule has 2 heterocycles. The summed E-state index contributed by atoms with van der Waals surface area (Å²) in [4.78, 5) is 28.5. The molecule has 1 amide bonds. The Kier molecular flexibility index (Phi) is 4.47. The topological polar surface area (TPSA) is 92.4 Å². The number of nitrogens with one attached hydrogen (secondary N) is 1. The van der Waals surface area contributed by atoms with Crippen LogP contribution in [0.15, 0.2) is 29.0 Å². The molecule has 0 aliphatic heterocycles. The zero-order valence-electron chi connectivity index (χ0n) is 12.6. The minimum atomic E-state index is -0.831. The van der Waals surface area contributed by atoms with Crippen LogP contribution in [-0.4, -0.2) is 28.5 Å². The fourth-order valence-electron chi connectivity index (χ4n) is 2.92. The van der Waals surface area contributed by atoms with Crippen molar-refractivity contribution in [2.24, 2.45) is 5.41 Å². The number of amides is 1. The monoisotopic (exact) mass is 334 g/mol. The van der Waals surface area contributed by atoms with Crippen LogP contribution in [0.2, 0.25) is 0 Å². The Hall–Kier alpha value is -2.15. The molecule has 7 heteroatoms. The standard InChI is InChI=1S/C16H18N2O4S/c19-13(12-9-17-14(23-12)11-5-4-8-22-11)18-10-16(15(20)21)6-2-1-3-7-16/h4-5,8-9H,1-3,6-7,10H2,(H,18,19)(H,20,21). The van der Waals surface area contributed by atoms with Gasteiger partial charge in [-0.15, -0.1) is 11.3 Å². The molecule has 3 rings (SSSR count). The van der Waals surface area contributed by atoms with Gasteiger partial charge in [0.15, 0.2) is 10.8 Å². The molecule has 0 atom stereocenters. The maximum atomic E-state index is 12.3. The van der Waals surface area contributed by atoms with Gasteiger partial charge in [-0.25, -0.2) is 4.98 Å². The Morgan fingerprint density at radius 3 is 2.78 bits per heavy atom. The number of nitrogens with zero attached hydrogens (tertiary/aromatic N) is 1. The van der Waals surface area contributed by atoms with Crippen molar-refractivity contribution < 1.29 is 19.1 Å². The van der Waals surface area contributed by atoms with Gasteiger partial charge in [-0.3, -0.25) is 9.59 Å². The lowest BCUT2D eigenvalue weighted by atomic mass is 9.74. The van der Waals surface area contributed by atoms with Crippen LogP contribution in [0.1, 0.15) is 41.8 Å². The molecule has 0 spiro atoms. The number of hydrogen-bond donors (Lipinski definition) is 2. The van der Waals surface area contributed by atoms with E-state index in [1.165, 1.54) is 17.5 Å². The second-order valence-electron chi connectivity index (χ2n) is 5.84. The molecule has 0 radical (unpaired) electrons. The van der Waals surface area contributed by atoms with E-state index in [4.69, 9.17) is 4.42 Å². The summed E-state index contributed by atoms with van der Waals surface area (Å²) in [5, 5.41) is 12.9. The molecular weight excluding hydrogens is 316 g/mol. The van der Waals surface area contributed by atoms with Crippen molar-refractivity contribution in [3.8, 4) is 10.8 Å². The van der Waals surface area contributed by atoms with Gasteiger partial charge >= 0.3 is 5.97 Å². The molecule has 1 aliphatic rings. The minimum absolute atomic E-state index is 0.162. The van der Waals surface area contributed by atoms with E-state index in [1.54, 1.807) is 18.4 Å². The molecule has 1 saturated carbocycles. The Labute approximate surface area is 137 Å². The highest BCUT2D eigenvalue weighted by Crippen LogP contribution is 2.36. The third-order valence-electron chi connectivity index (χ3n) is 4.31. The van der Waals surface area contributed by atoms with Crippen molar-refractivity contribution in [1.29, 1.82) is 0 Å². The molecule has 23 heavy (non-hydrogen) atoms. The highest BCUT2D eigenvalue weighted by Gasteiger charge is 2.39. The predicted octanol–water partition coefficient (Wildman–Crippen LogP) is 3.17. The van der Waals surface area contributed by atoms with Crippen LogP contribution in [0.3, 0.4) is 0 Å². The molecule has 2 N–H and O–H groups in total. The molecule has 0 saturated heterocycles. The number of thiazole rings is 1. The zero-order valence-corrected chi connectivity index (χ0v) is 13.4. The lowest BCUT2D eigenvalue weighted by molar-refractivity contribution is -0.150. The molecule has 2 aromatic rings. The summed E-state index contributed by atoms with van der Waals surface area (Å²) in [6, 6.07) is 3.54. The van der Waals surface area contributed by atoms with E-state index in [9.17, 15) is 14.7 Å². The molecule has 2 aromatic heterocycles. The van der Waals surface area contributed by atoms with Gasteiger partial charge in [-0.2, -0.15) is 0 Å². The van der Waals surface area contributed by atoms with Crippen LogP contribution in [0.5, 0.6) is 0 Å². The molecule has 0 unspecified atom stereocenters. The second-order valence-corrected chi connectivity index (χ2v) is 6.87. The number of furan rings is 1. The number of carboxylic acids is 1. The van der Waals surface area contributed by atoms with Gasteiger partial charge in [0, 0.05) is 6.54 Å². The smallest absolute Gasteiger partial charge is 0.311 e. The van der Waals surface area contributed by atoms with Crippen LogP contribution in [0.25, 0.3) is 10.8 Å². The van der Waals surface area contributed by atoms with Crippen LogP contribution in [0, 0.1) is 5.41 Å². The number of rotatable bonds is 5. The van der Waals surface area contributed by atoms with Gasteiger partial charge in [0.05, 0.1) is 17.9 Å². The van der Waals surface area contributed by atoms with E-state index < -0.39 is 11.4 Å². The Morgan fingerprint density at radius 2 is 2.13 bits per heavy atom. The highest BCUT2D eigenvalue weighted by molar-refractivity contribution is 7.16. The predicted molar refractivity (Wildman–Crippen MR) is 85.3 cm³/mol. The summed E-state index contributed by atoms with van der Waals surface area (Å²) < 4.78 is 5.25. The van der Waals surface area contributed by atoms with E-state index in [2.05, 4.69) is 10.3 Å². The van der Waals surface area contributed by atoms with Crippen molar-refractivity contribution in [2.45, 2.75) is 32.1 Å². The third kappa shape index (κ3) is 3.29. The Morgan fingerprint density at radius 1 is 1.35 bits per heavy atom. The maximum absolute atomic E-state index is 12.3. The molecular formula is C16H18N2O4S. The van der Waals surface area contributed by atoms with Crippen LogP contribution < -0.4 is 5.32 Å².